The third-order valence-corrected chi connectivity index (χ3v) is 7.34. The van der Waals surface area contributed by atoms with Crippen LogP contribution in [-0.4, -0.2) is 41.0 Å². The number of hydrogen-bond acceptors (Lipinski definition) is 8. The molecule has 1 aliphatic heterocycles. The molecular weight excluding hydrogens is 504 g/mol. The number of ether oxygens (including phenoxy) is 2. The van der Waals surface area contributed by atoms with Crippen LogP contribution in [0, 0.1) is 20.8 Å². The fourth-order valence-electron chi connectivity index (χ4n) is 4.29. The number of aryl methyl sites for hydroxylation is 3. The Labute approximate surface area is 225 Å². The van der Waals surface area contributed by atoms with E-state index in [0.717, 1.165) is 28.9 Å². The number of ketones is 1. The minimum absolute atomic E-state index is 0.0500. The highest BCUT2D eigenvalue weighted by Crippen LogP contribution is 2.44. The van der Waals surface area contributed by atoms with Gasteiger partial charge in [-0.25, -0.2) is 9.78 Å². The molecule has 1 unspecified atom stereocenters. The second-order valence-corrected chi connectivity index (χ2v) is 10.0. The van der Waals surface area contributed by atoms with Gasteiger partial charge in [-0.05, 0) is 63.4 Å². The summed E-state index contributed by atoms with van der Waals surface area (Å²) >= 11 is 0.980. The molecule has 1 aliphatic rings. The van der Waals surface area contributed by atoms with Gasteiger partial charge in [0, 0.05) is 5.56 Å². The Hall–Kier alpha value is -3.98. The Balaban J connectivity index is 1.86. The SMILES string of the molecule is CCCOc1ccc(/C(O)=C2\C(=O)C(=O)N(c3nc(C)c(C(=O)OCC)s3)C2c2ccc(C)cc2)cc1C. The van der Waals surface area contributed by atoms with Crippen molar-refractivity contribution < 1.29 is 29.0 Å². The first-order valence-corrected chi connectivity index (χ1v) is 13.2. The van der Waals surface area contributed by atoms with Crippen LogP contribution in [0.4, 0.5) is 5.13 Å². The number of aliphatic hydroxyl groups is 1. The molecule has 8 nitrogen and oxygen atoms in total. The number of carbonyl (C=O) groups excluding carboxylic acids is 3. The van der Waals surface area contributed by atoms with Gasteiger partial charge in [0.25, 0.3) is 5.78 Å². The van der Waals surface area contributed by atoms with E-state index < -0.39 is 23.7 Å². The lowest BCUT2D eigenvalue weighted by atomic mass is 9.94. The van der Waals surface area contributed by atoms with Crippen LogP contribution >= 0.6 is 11.3 Å². The standard InChI is InChI=1S/C29H30N2O6S/c1-6-14-37-21-13-12-20(15-17(21)4)24(32)22-23(19-10-8-16(3)9-11-19)31(27(34)25(22)33)29-30-18(5)26(38-29)28(35)36-7-2/h8-13,15,23,32H,6-7,14H2,1-5H3/b24-22+. The molecule has 1 fully saturated rings. The summed E-state index contributed by atoms with van der Waals surface area (Å²) < 4.78 is 10.9. The van der Waals surface area contributed by atoms with Crippen LogP contribution in [0.25, 0.3) is 5.76 Å². The molecule has 9 heteroatoms. The average molecular weight is 535 g/mol. The van der Waals surface area contributed by atoms with E-state index in [1.54, 1.807) is 32.0 Å². The monoisotopic (exact) mass is 534 g/mol. The van der Waals surface area contributed by atoms with Crippen molar-refractivity contribution in [3.63, 3.8) is 0 Å². The molecule has 0 radical (unpaired) electrons. The van der Waals surface area contributed by atoms with Crippen LogP contribution in [0.15, 0.2) is 48.0 Å². The maximum absolute atomic E-state index is 13.4. The normalized spacial score (nSPS) is 16.7. The van der Waals surface area contributed by atoms with Crippen molar-refractivity contribution in [1.82, 2.24) is 4.98 Å². The van der Waals surface area contributed by atoms with Gasteiger partial charge in [0.1, 0.15) is 16.4 Å². The summed E-state index contributed by atoms with van der Waals surface area (Å²) in [7, 11) is 0. The highest BCUT2D eigenvalue weighted by molar-refractivity contribution is 7.17. The molecule has 3 aromatic rings. The van der Waals surface area contributed by atoms with Crippen molar-refractivity contribution in [3.05, 3.63) is 80.9 Å². The van der Waals surface area contributed by atoms with E-state index in [9.17, 15) is 19.5 Å². The number of aromatic nitrogens is 1. The molecular formula is C29H30N2O6S. The molecule has 1 aromatic heterocycles. The molecule has 1 atom stereocenters. The van der Waals surface area contributed by atoms with Gasteiger partial charge in [-0.1, -0.05) is 48.1 Å². The zero-order chi connectivity index (χ0) is 27.6. The Morgan fingerprint density at radius 1 is 1.08 bits per heavy atom. The summed E-state index contributed by atoms with van der Waals surface area (Å²) in [6, 6.07) is 11.6. The summed E-state index contributed by atoms with van der Waals surface area (Å²) in [5.41, 5.74) is 3.15. The number of nitrogens with zero attached hydrogens (tertiary/aromatic N) is 2. The number of carbonyl (C=O) groups is 3. The number of anilines is 1. The van der Waals surface area contributed by atoms with Crippen LogP contribution < -0.4 is 9.64 Å². The number of hydrogen-bond donors (Lipinski definition) is 1. The van der Waals surface area contributed by atoms with E-state index in [2.05, 4.69) is 4.98 Å². The van der Waals surface area contributed by atoms with Gasteiger partial charge in [0.05, 0.1) is 30.5 Å². The number of esters is 1. The van der Waals surface area contributed by atoms with Crippen molar-refractivity contribution >= 4 is 39.9 Å². The molecule has 0 aliphatic carbocycles. The highest BCUT2D eigenvalue weighted by atomic mass is 32.1. The average Bonchev–Trinajstić information content (AvgIpc) is 3.40. The molecule has 38 heavy (non-hydrogen) atoms. The van der Waals surface area contributed by atoms with E-state index >= 15 is 0 Å². The lowest BCUT2D eigenvalue weighted by Crippen LogP contribution is -2.29. The van der Waals surface area contributed by atoms with Gasteiger partial charge >= 0.3 is 11.9 Å². The molecule has 0 bridgehead atoms. The fraction of sp³-hybridized carbons (Fsp3) is 0.310. The third kappa shape index (κ3) is 5.06. The second-order valence-electron chi connectivity index (χ2n) is 9.04. The maximum Gasteiger partial charge on any atom is 0.350 e. The topological polar surface area (TPSA) is 106 Å². The zero-order valence-corrected chi connectivity index (χ0v) is 22.8. The van der Waals surface area contributed by atoms with E-state index in [1.807, 2.05) is 45.0 Å². The summed E-state index contributed by atoms with van der Waals surface area (Å²) in [5, 5.41) is 11.6. The smallest absolute Gasteiger partial charge is 0.350 e. The van der Waals surface area contributed by atoms with Gasteiger partial charge in [0.2, 0.25) is 0 Å². The number of aliphatic hydroxyl groups excluding tert-OH is 1. The Morgan fingerprint density at radius 2 is 1.79 bits per heavy atom. The molecule has 1 amide bonds. The third-order valence-electron chi connectivity index (χ3n) is 6.20. The maximum atomic E-state index is 13.4. The van der Waals surface area contributed by atoms with Gasteiger partial charge in [0.15, 0.2) is 5.13 Å². The molecule has 4 rings (SSSR count). The Bertz CT molecular complexity index is 1420. The molecule has 1 N–H and O–H groups in total. The number of thiazole rings is 1. The van der Waals surface area contributed by atoms with Gasteiger partial charge < -0.3 is 14.6 Å². The van der Waals surface area contributed by atoms with Crippen LogP contribution in [-0.2, 0) is 14.3 Å². The van der Waals surface area contributed by atoms with Gasteiger partial charge in [-0.2, -0.15) is 0 Å². The van der Waals surface area contributed by atoms with Crippen molar-refractivity contribution in [1.29, 1.82) is 0 Å². The van der Waals surface area contributed by atoms with Crippen molar-refractivity contribution in [2.75, 3.05) is 18.1 Å². The lowest BCUT2D eigenvalue weighted by molar-refractivity contribution is -0.132. The number of rotatable bonds is 8. The molecule has 198 valence electrons. The van der Waals surface area contributed by atoms with E-state index in [1.165, 1.54) is 4.90 Å². The van der Waals surface area contributed by atoms with Crippen LogP contribution in [0.1, 0.15) is 63.9 Å². The lowest BCUT2D eigenvalue weighted by Gasteiger charge is -2.23. The van der Waals surface area contributed by atoms with Crippen LogP contribution in [0.2, 0.25) is 0 Å². The van der Waals surface area contributed by atoms with Crippen molar-refractivity contribution in [2.45, 2.75) is 47.1 Å². The molecule has 0 spiro atoms. The predicted molar refractivity (Wildman–Crippen MR) is 146 cm³/mol. The van der Waals surface area contributed by atoms with Gasteiger partial charge in [-0.15, -0.1) is 0 Å². The number of amides is 1. The first-order valence-electron chi connectivity index (χ1n) is 12.4. The summed E-state index contributed by atoms with van der Waals surface area (Å²) in [4.78, 5) is 45.2. The second kappa shape index (κ2) is 11.2. The van der Waals surface area contributed by atoms with E-state index in [0.29, 0.717) is 29.2 Å². The fourth-order valence-corrected chi connectivity index (χ4v) is 5.28. The molecule has 2 aromatic carbocycles. The minimum Gasteiger partial charge on any atom is -0.507 e. The number of Topliss-reactive ketones (excluding diaryl/α,β-unsaturated/α-hetero) is 1. The minimum atomic E-state index is -0.937. The first kappa shape index (κ1) is 27.1. The van der Waals surface area contributed by atoms with E-state index in [-0.39, 0.29) is 27.9 Å². The summed E-state index contributed by atoms with van der Waals surface area (Å²) in [6.07, 6.45) is 0.856. The van der Waals surface area contributed by atoms with Crippen LogP contribution in [0.3, 0.4) is 0 Å². The zero-order valence-electron chi connectivity index (χ0n) is 22.0. The summed E-state index contributed by atoms with van der Waals surface area (Å²) in [5.74, 6) is -1.81. The van der Waals surface area contributed by atoms with Crippen LogP contribution in [0.5, 0.6) is 5.75 Å². The molecule has 1 saturated heterocycles. The number of benzene rings is 2. The highest BCUT2D eigenvalue weighted by Gasteiger charge is 2.48. The Kier molecular flexibility index (Phi) is 7.97. The Morgan fingerprint density at radius 3 is 2.42 bits per heavy atom. The quantitative estimate of drug-likeness (QED) is 0.172. The van der Waals surface area contributed by atoms with Crippen molar-refractivity contribution in [3.8, 4) is 5.75 Å². The summed E-state index contributed by atoms with van der Waals surface area (Å²) in [6.45, 7) is 9.91. The van der Waals surface area contributed by atoms with E-state index in [4.69, 9.17) is 9.47 Å². The van der Waals surface area contributed by atoms with Gasteiger partial charge in [-0.3, -0.25) is 14.5 Å². The molecule has 2 heterocycles. The predicted octanol–water partition coefficient (Wildman–Crippen LogP) is 5.66. The van der Waals surface area contributed by atoms with Crippen molar-refractivity contribution in [2.24, 2.45) is 0 Å². The molecule has 0 saturated carbocycles. The largest absolute Gasteiger partial charge is 0.507 e. The first-order chi connectivity index (χ1) is 18.2.